The van der Waals surface area contributed by atoms with Crippen LogP contribution >= 0.6 is 15.9 Å². The summed E-state index contributed by atoms with van der Waals surface area (Å²) >= 11 is 3.57. The van der Waals surface area contributed by atoms with E-state index in [1.165, 1.54) is 30.7 Å². The molecule has 2 unspecified atom stereocenters. The number of pyridine rings is 2. The number of fused-ring (bicyclic) bond motifs is 1. The fourth-order valence-corrected chi connectivity index (χ4v) is 6.82. The molecule has 0 spiro atoms. The summed E-state index contributed by atoms with van der Waals surface area (Å²) in [6.45, 7) is 2.37. The Hall–Kier alpha value is -4.46. The van der Waals surface area contributed by atoms with E-state index < -0.39 is 15.4 Å². The molecule has 10 nitrogen and oxygen atoms in total. The molecule has 1 aliphatic heterocycles. The van der Waals surface area contributed by atoms with Gasteiger partial charge in [0, 0.05) is 30.2 Å². The Morgan fingerprint density at radius 2 is 1.96 bits per heavy atom. The molecule has 3 aromatic heterocycles. The average Bonchev–Trinajstić information content (AvgIpc) is 3.56. The Morgan fingerprint density at radius 1 is 1.07 bits per heavy atom. The lowest BCUT2D eigenvalue weighted by Crippen LogP contribution is -2.48. The minimum absolute atomic E-state index is 0.0484. The lowest BCUT2D eigenvalue weighted by atomic mass is 9.87. The number of halogens is 2. The maximum atomic E-state index is 13.5. The molecular weight excluding hydrogens is 675 g/mol. The van der Waals surface area contributed by atoms with E-state index in [-0.39, 0.29) is 35.8 Å². The van der Waals surface area contributed by atoms with Crippen LogP contribution in [0.4, 0.5) is 15.9 Å². The second kappa shape index (κ2) is 13.5. The van der Waals surface area contributed by atoms with E-state index in [9.17, 15) is 12.8 Å². The minimum atomic E-state index is -3.55. The molecule has 4 heterocycles. The molecule has 13 heteroatoms. The lowest BCUT2D eigenvalue weighted by molar-refractivity contribution is 0.00504. The molecule has 0 radical (unpaired) electrons. The molecule has 0 saturated carbocycles. The molecule has 0 amide bonds. The predicted molar refractivity (Wildman–Crippen MR) is 176 cm³/mol. The summed E-state index contributed by atoms with van der Waals surface area (Å²) < 4.78 is 51.8. The molecular formula is C33H30BrFN6O4S. The topological polar surface area (TPSA) is 128 Å². The number of nitrogens with zero attached hydrogens (tertiary/aromatic N) is 4. The van der Waals surface area contributed by atoms with Crippen LogP contribution in [0.2, 0.25) is 0 Å². The van der Waals surface area contributed by atoms with Gasteiger partial charge in [-0.1, -0.05) is 18.2 Å². The predicted octanol–water partition coefficient (Wildman–Crippen LogP) is 6.23. The van der Waals surface area contributed by atoms with Crippen molar-refractivity contribution in [2.45, 2.75) is 36.6 Å². The van der Waals surface area contributed by atoms with Gasteiger partial charge in [-0.05, 0) is 83.0 Å². The van der Waals surface area contributed by atoms with Gasteiger partial charge in [0.1, 0.15) is 30.3 Å². The van der Waals surface area contributed by atoms with Gasteiger partial charge in [-0.3, -0.25) is 4.98 Å². The van der Waals surface area contributed by atoms with E-state index in [4.69, 9.17) is 14.5 Å². The quantitative estimate of drug-likeness (QED) is 0.154. The smallest absolute Gasteiger partial charge is 0.196 e. The van der Waals surface area contributed by atoms with Gasteiger partial charge in [0.2, 0.25) is 0 Å². The van der Waals surface area contributed by atoms with Crippen LogP contribution in [-0.4, -0.2) is 46.7 Å². The van der Waals surface area contributed by atoms with Gasteiger partial charge in [-0.2, -0.15) is 0 Å². The van der Waals surface area contributed by atoms with Gasteiger partial charge in [-0.25, -0.2) is 27.8 Å². The number of sulfone groups is 1. The number of aromatic nitrogens is 4. The van der Waals surface area contributed by atoms with Crippen molar-refractivity contribution in [2.75, 3.05) is 17.6 Å². The number of nitrogens with one attached hydrogen (secondary N) is 2. The van der Waals surface area contributed by atoms with E-state index in [0.29, 0.717) is 33.7 Å². The van der Waals surface area contributed by atoms with Crippen molar-refractivity contribution in [1.29, 1.82) is 0 Å². The van der Waals surface area contributed by atoms with Crippen LogP contribution in [0, 0.1) is 5.82 Å². The van der Waals surface area contributed by atoms with Crippen LogP contribution in [0.15, 0.2) is 107 Å². The van der Waals surface area contributed by atoms with Gasteiger partial charge in [-0.15, -0.1) is 0 Å². The second-order valence-electron chi connectivity index (χ2n) is 10.7. The molecule has 0 fully saturated rings. The van der Waals surface area contributed by atoms with Crippen LogP contribution in [0.3, 0.4) is 0 Å². The van der Waals surface area contributed by atoms with E-state index in [1.807, 2.05) is 37.3 Å². The molecule has 0 bridgehead atoms. The van der Waals surface area contributed by atoms with Crippen molar-refractivity contribution >= 4 is 48.2 Å². The highest BCUT2D eigenvalue weighted by Gasteiger charge is 2.42. The molecule has 2 N–H and O–H groups in total. The zero-order chi connectivity index (χ0) is 32.1. The third kappa shape index (κ3) is 6.86. The lowest BCUT2D eigenvalue weighted by Gasteiger charge is -2.35. The van der Waals surface area contributed by atoms with Crippen LogP contribution in [0.25, 0.3) is 10.9 Å². The summed E-state index contributed by atoms with van der Waals surface area (Å²) in [6, 6.07) is 18.3. The number of benzene rings is 2. The van der Waals surface area contributed by atoms with Crippen LogP contribution < -0.4 is 15.4 Å². The summed E-state index contributed by atoms with van der Waals surface area (Å²) in [5.41, 5.74) is 1.89. The van der Waals surface area contributed by atoms with Crippen molar-refractivity contribution < 1.29 is 22.3 Å². The summed E-state index contributed by atoms with van der Waals surface area (Å²) in [6.07, 6.45) is 8.71. The Kier molecular flexibility index (Phi) is 9.24. The molecule has 0 saturated heterocycles. The fourth-order valence-electron chi connectivity index (χ4n) is 5.23. The van der Waals surface area contributed by atoms with Gasteiger partial charge in [0.25, 0.3) is 0 Å². The average molecular weight is 706 g/mol. The van der Waals surface area contributed by atoms with Crippen molar-refractivity contribution in [2.24, 2.45) is 0 Å². The molecule has 1 aliphatic rings. The molecule has 5 aromatic rings. The molecule has 2 aromatic carbocycles. The van der Waals surface area contributed by atoms with Crippen LogP contribution in [0.5, 0.6) is 5.75 Å². The monoisotopic (exact) mass is 704 g/mol. The van der Waals surface area contributed by atoms with Crippen molar-refractivity contribution in [3.8, 4) is 5.75 Å². The number of hydrogen-bond acceptors (Lipinski definition) is 10. The zero-order valence-corrected chi connectivity index (χ0v) is 27.1. The van der Waals surface area contributed by atoms with E-state index in [0.717, 1.165) is 16.6 Å². The number of rotatable bonds is 12. The van der Waals surface area contributed by atoms with Gasteiger partial charge >= 0.3 is 0 Å². The highest BCUT2D eigenvalue weighted by atomic mass is 79.9. The summed E-state index contributed by atoms with van der Waals surface area (Å²) in [4.78, 5) is 17.6. The summed E-state index contributed by atoms with van der Waals surface area (Å²) in [5, 5.41) is 7.48. The van der Waals surface area contributed by atoms with Crippen molar-refractivity contribution in [1.82, 2.24) is 25.3 Å². The Balaban J connectivity index is 1.19. The summed E-state index contributed by atoms with van der Waals surface area (Å²) in [5.74, 6) is 0.748. The first-order chi connectivity index (χ1) is 22.2. The highest BCUT2D eigenvalue weighted by molar-refractivity contribution is 9.10. The normalized spacial score (nSPS) is 16.7. The first-order valence-corrected chi connectivity index (χ1v) is 16.9. The Labute approximate surface area is 274 Å². The van der Waals surface area contributed by atoms with Crippen LogP contribution in [0.1, 0.15) is 24.6 Å². The van der Waals surface area contributed by atoms with E-state index in [1.54, 1.807) is 36.7 Å². The maximum absolute atomic E-state index is 13.5. The van der Waals surface area contributed by atoms with Gasteiger partial charge < -0.3 is 20.1 Å². The molecule has 46 heavy (non-hydrogen) atoms. The number of anilines is 2. The number of ether oxygens (including phenoxy) is 2. The van der Waals surface area contributed by atoms with E-state index >= 15 is 0 Å². The first-order valence-electron chi connectivity index (χ1n) is 14.5. The first kappa shape index (κ1) is 31.5. The zero-order valence-electron chi connectivity index (χ0n) is 24.7. The third-order valence-corrected chi connectivity index (χ3v) is 9.95. The van der Waals surface area contributed by atoms with Crippen LogP contribution in [-0.2, 0) is 26.8 Å². The molecule has 236 valence electrons. The third-order valence-electron chi connectivity index (χ3n) is 7.71. The largest absolute Gasteiger partial charge is 0.488 e. The van der Waals surface area contributed by atoms with Gasteiger partial charge in [0.05, 0.1) is 39.9 Å². The number of hydrogen-bond donors (Lipinski definition) is 2. The Bertz CT molecular complexity index is 1990. The minimum Gasteiger partial charge on any atom is -0.488 e. The second-order valence-corrected chi connectivity index (χ2v) is 13.7. The maximum Gasteiger partial charge on any atom is 0.196 e. The molecule has 2 atom stereocenters. The molecule has 0 aliphatic carbocycles. The van der Waals surface area contributed by atoms with Gasteiger partial charge in [0.15, 0.2) is 20.5 Å². The Morgan fingerprint density at radius 3 is 2.72 bits per heavy atom. The highest BCUT2D eigenvalue weighted by Crippen LogP contribution is 2.39. The molecule has 6 rings (SSSR count). The van der Waals surface area contributed by atoms with Crippen molar-refractivity contribution in [3.63, 3.8) is 0 Å². The SMILES string of the molecule is CC(NCCS(=O)(=O)c1ccccn1)C1(c2cc3c(Nc4ccc(OCc5cccc(F)c5)c(Br)c4)ncnc3cn2)CC=CO1. The standard InChI is InChI=1S/C33H30BrFN6O4S/c1-22(36-13-15-46(42,43)31-8-2-3-12-37-31)33(11-5-14-45-33)30-18-26-28(19-38-30)39-21-40-32(26)41-25-9-10-29(27(34)17-25)44-20-23-6-4-7-24(35)16-23/h2-10,12,14,16-19,21-22,36H,11,13,15,20H2,1H3,(H,39,40,41). The fraction of sp³-hybridized carbons (Fsp3) is 0.212. The summed E-state index contributed by atoms with van der Waals surface area (Å²) in [7, 11) is -3.55. The van der Waals surface area contributed by atoms with Crippen molar-refractivity contribution in [3.05, 3.63) is 119 Å². The van der Waals surface area contributed by atoms with E-state index in [2.05, 4.69) is 41.5 Å².